The summed E-state index contributed by atoms with van der Waals surface area (Å²) in [5.74, 6) is 0.681. The smallest absolute Gasteiger partial charge is 0.410 e. The lowest BCUT2D eigenvalue weighted by atomic mass is 9.82. The molecular formula is C26H29NO2. The molecule has 2 heterocycles. The SMILES string of the molecule is CC(C)C1=CC2CCCC(C1)N2C(=O)OCC1c2ccccc2-c2ccccc21. The molecule has 2 aromatic rings. The highest BCUT2D eigenvalue weighted by molar-refractivity contribution is 5.79. The number of amides is 1. The van der Waals surface area contributed by atoms with Crippen molar-refractivity contribution in [1.82, 2.24) is 4.90 Å². The van der Waals surface area contributed by atoms with Crippen molar-refractivity contribution in [2.45, 2.75) is 57.5 Å². The van der Waals surface area contributed by atoms with Gasteiger partial charge in [0.05, 0.1) is 6.04 Å². The molecule has 0 spiro atoms. The number of hydrogen-bond acceptors (Lipinski definition) is 2. The second kappa shape index (κ2) is 7.37. The first kappa shape index (κ1) is 18.5. The second-order valence-corrected chi connectivity index (χ2v) is 8.96. The first-order chi connectivity index (χ1) is 14.1. The van der Waals surface area contributed by atoms with Crippen molar-refractivity contribution in [3.05, 3.63) is 71.3 Å². The van der Waals surface area contributed by atoms with Crippen LogP contribution in [0.15, 0.2) is 60.2 Å². The lowest BCUT2D eigenvalue weighted by Crippen LogP contribution is -2.52. The van der Waals surface area contributed by atoms with E-state index in [9.17, 15) is 4.79 Å². The van der Waals surface area contributed by atoms with E-state index >= 15 is 0 Å². The van der Waals surface area contributed by atoms with E-state index in [4.69, 9.17) is 4.74 Å². The largest absolute Gasteiger partial charge is 0.448 e. The summed E-state index contributed by atoms with van der Waals surface area (Å²) in [4.78, 5) is 15.2. The maximum absolute atomic E-state index is 13.1. The number of piperidine rings is 1. The van der Waals surface area contributed by atoms with Crippen molar-refractivity contribution in [3.8, 4) is 11.1 Å². The van der Waals surface area contributed by atoms with Gasteiger partial charge in [-0.15, -0.1) is 0 Å². The van der Waals surface area contributed by atoms with Gasteiger partial charge in [0.15, 0.2) is 0 Å². The molecule has 29 heavy (non-hydrogen) atoms. The van der Waals surface area contributed by atoms with E-state index in [1.165, 1.54) is 34.2 Å². The van der Waals surface area contributed by atoms with E-state index in [1.807, 2.05) is 4.90 Å². The van der Waals surface area contributed by atoms with Crippen LogP contribution in [0.4, 0.5) is 4.79 Å². The Balaban J connectivity index is 1.35. The molecule has 3 heteroatoms. The molecule has 0 N–H and O–H groups in total. The average Bonchev–Trinajstić information content (AvgIpc) is 3.05. The van der Waals surface area contributed by atoms with E-state index in [0.717, 1.165) is 19.3 Å². The minimum absolute atomic E-state index is 0.123. The highest BCUT2D eigenvalue weighted by Crippen LogP contribution is 2.45. The third kappa shape index (κ3) is 3.17. The molecule has 0 saturated carbocycles. The fraction of sp³-hybridized carbons (Fsp3) is 0.423. The zero-order valence-electron chi connectivity index (χ0n) is 17.3. The number of nitrogens with zero attached hydrogens (tertiary/aromatic N) is 1. The van der Waals surface area contributed by atoms with Crippen LogP contribution in [-0.2, 0) is 4.74 Å². The predicted octanol–water partition coefficient (Wildman–Crippen LogP) is 6.14. The first-order valence-electron chi connectivity index (χ1n) is 11.0. The molecule has 1 saturated heterocycles. The molecule has 0 aromatic heterocycles. The Bertz CT molecular complexity index is 915. The van der Waals surface area contributed by atoms with Gasteiger partial charge in [-0.1, -0.05) is 74.0 Å². The number of hydrogen-bond donors (Lipinski definition) is 0. The van der Waals surface area contributed by atoms with E-state index in [1.54, 1.807) is 0 Å². The average molecular weight is 388 g/mol. The van der Waals surface area contributed by atoms with Gasteiger partial charge in [0.25, 0.3) is 0 Å². The van der Waals surface area contributed by atoms with Crippen molar-refractivity contribution in [2.75, 3.05) is 6.61 Å². The maximum Gasteiger partial charge on any atom is 0.410 e. The van der Waals surface area contributed by atoms with Gasteiger partial charge in [-0.05, 0) is 53.9 Å². The molecule has 2 aliphatic heterocycles. The van der Waals surface area contributed by atoms with Gasteiger partial charge >= 0.3 is 6.09 Å². The van der Waals surface area contributed by atoms with Crippen LogP contribution in [0.25, 0.3) is 11.1 Å². The van der Waals surface area contributed by atoms with Crippen LogP contribution in [0.3, 0.4) is 0 Å². The summed E-state index contributed by atoms with van der Waals surface area (Å²) >= 11 is 0. The molecule has 5 rings (SSSR count). The minimum atomic E-state index is -0.138. The Kier molecular flexibility index (Phi) is 4.69. The number of rotatable bonds is 3. The van der Waals surface area contributed by atoms with Gasteiger partial charge in [-0.3, -0.25) is 4.90 Å². The summed E-state index contributed by atoms with van der Waals surface area (Å²) in [6, 6.07) is 17.5. The molecule has 0 radical (unpaired) electrons. The van der Waals surface area contributed by atoms with Crippen molar-refractivity contribution in [1.29, 1.82) is 0 Å². The Labute approximate surface area is 173 Å². The Morgan fingerprint density at radius 2 is 1.69 bits per heavy atom. The van der Waals surface area contributed by atoms with Gasteiger partial charge in [0, 0.05) is 12.0 Å². The highest BCUT2D eigenvalue weighted by atomic mass is 16.6. The van der Waals surface area contributed by atoms with Crippen LogP contribution in [0.1, 0.15) is 56.6 Å². The summed E-state index contributed by atoms with van der Waals surface area (Å²) in [6.45, 7) is 4.92. The van der Waals surface area contributed by atoms with Crippen LogP contribution in [0.2, 0.25) is 0 Å². The highest BCUT2D eigenvalue weighted by Gasteiger charge is 2.39. The van der Waals surface area contributed by atoms with Crippen LogP contribution in [0, 0.1) is 5.92 Å². The van der Waals surface area contributed by atoms with Crippen molar-refractivity contribution >= 4 is 6.09 Å². The fourth-order valence-corrected chi connectivity index (χ4v) is 5.44. The molecule has 1 fully saturated rings. The molecule has 3 nitrogen and oxygen atoms in total. The zero-order valence-corrected chi connectivity index (χ0v) is 17.3. The molecule has 2 atom stereocenters. The number of ether oxygens (including phenoxy) is 1. The monoisotopic (exact) mass is 387 g/mol. The van der Waals surface area contributed by atoms with Gasteiger partial charge in [-0.25, -0.2) is 4.79 Å². The third-order valence-corrected chi connectivity index (χ3v) is 6.95. The quantitative estimate of drug-likeness (QED) is 0.592. The van der Waals surface area contributed by atoms with Gasteiger partial charge < -0.3 is 4.74 Å². The topological polar surface area (TPSA) is 29.5 Å². The lowest BCUT2D eigenvalue weighted by Gasteiger charge is -2.45. The van der Waals surface area contributed by atoms with E-state index in [-0.39, 0.29) is 18.1 Å². The van der Waals surface area contributed by atoms with Crippen molar-refractivity contribution in [3.63, 3.8) is 0 Å². The first-order valence-corrected chi connectivity index (χ1v) is 11.0. The van der Waals surface area contributed by atoms with Gasteiger partial charge in [0.1, 0.15) is 6.61 Å². The standard InChI is InChI=1S/C26H29NO2/c1-17(2)18-14-19-8-7-9-20(15-18)27(19)26(28)29-16-25-23-12-5-3-10-21(23)22-11-4-6-13-24(22)25/h3-6,10-14,17,19-20,25H,7-9,15-16H2,1-2H3. The molecule has 2 aromatic carbocycles. The number of benzene rings is 2. The van der Waals surface area contributed by atoms with Gasteiger partial charge in [-0.2, -0.15) is 0 Å². The second-order valence-electron chi connectivity index (χ2n) is 8.96. The van der Waals surface area contributed by atoms with Crippen LogP contribution >= 0.6 is 0 Å². The normalized spacial score (nSPS) is 22.9. The third-order valence-electron chi connectivity index (χ3n) is 6.95. The lowest BCUT2D eigenvalue weighted by molar-refractivity contribution is 0.0501. The fourth-order valence-electron chi connectivity index (χ4n) is 5.44. The van der Waals surface area contributed by atoms with Gasteiger partial charge in [0.2, 0.25) is 0 Å². The van der Waals surface area contributed by atoms with E-state index in [0.29, 0.717) is 18.6 Å². The van der Waals surface area contributed by atoms with Crippen LogP contribution < -0.4 is 0 Å². The van der Waals surface area contributed by atoms with Crippen molar-refractivity contribution in [2.24, 2.45) is 5.92 Å². The van der Waals surface area contributed by atoms with E-state index in [2.05, 4.69) is 68.5 Å². The minimum Gasteiger partial charge on any atom is -0.448 e. The Hall–Kier alpha value is -2.55. The summed E-state index contributed by atoms with van der Waals surface area (Å²) in [7, 11) is 0. The number of fused-ring (bicyclic) bond motifs is 5. The van der Waals surface area contributed by atoms with Crippen LogP contribution in [-0.4, -0.2) is 29.7 Å². The Morgan fingerprint density at radius 3 is 2.31 bits per heavy atom. The summed E-state index contributed by atoms with van der Waals surface area (Å²) < 4.78 is 5.97. The molecule has 2 unspecified atom stereocenters. The van der Waals surface area contributed by atoms with Crippen LogP contribution in [0.5, 0.6) is 0 Å². The predicted molar refractivity (Wildman–Crippen MR) is 116 cm³/mol. The summed E-state index contributed by atoms with van der Waals surface area (Å²) in [6.07, 6.45) is 6.53. The molecule has 1 amide bonds. The molecule has 3 aliphatic rings. The molecule has 1 aliphatic carbocycles. The number of carbonyl (C=O) groups is 1. The maximum atomic E-state index is 13.1. The summed E-state index contributed by atoms with van der Waals surface area (Å²) in [5, 5.41) is 0. The molecule has 150 valence electrons. The van der Waals surface area contributed by atoms with Crippen molar-refractivity contribution < 1.29 is 9.53 Å². The number of carbonyl (C=O) groups excluding carboxylic acids is 1. The van der Waals surface area contributed by atoms with E-state index < -0.39 is 0 Å². The summed E-state index contributed by atoms with van der Waals surface area (Å²) in [5.41, 5.74) is 6.57. The zero-order chi connectivity index (χ0) is 20.0. The molecular weight excluding hydrogens is 358 g/mol. The Morgan fingerprint density at radius 1 is 1.03 bits per heavy atom. The molecule has 2 bridgehead atoms.